The van der Waals surface area contributed by atoms with Crippen molar-refractivity contribution in [1.82, 2.24) is 4.98 Å². The summed E-state index contributed by atoms with van der Waals surface area (Å²) in [6.45, 7) is 2.66. The average Bonchev–Trinajstić information content (AvgIpc) is 3.01. The van der Waals surface area contributed by atoms with Gasteiger partial charge < -0.3 is 10.5 Å². The number of nitrogens with two attached hydrogens (primary N) is 1. The van der Waals surface area contributed by atoms with Crippen LogP contribution in [0.15, 0.2) is 12.4 Å². The highest BCUT2D eigenvalue weighted by molar-refractivity contribution is 5.37. The van der Waals surface area contributed by atoms with Gasteiger partial charge in [0.15, 0.2) is 0 Å². The molecule has 0 radical (unpaired) electrons. The van der Waals surface area contributed by atoms with Gasteiger partial charge in [0.05, 0.1) is 12.3 Å². The van der Waals surface area contributed by atoms with Gasteiger partial charge in [-0.05, 0) is 24.8 Å². The Labute approximate surface area is 84.3 Å². The maximum atomic E-state index is 5.77. The number of nitrogens with zero attached hydrogens (tertiary/aromatic N) is 1. The second kappa shape index (κ2) is 3.96. The van der Waals surface area contributed by atoms with Gasteiger partial charge in [-0.2, -0.15) is 0 Å². The van der Waals surface area contributed by atoms with Crippen molar-refractivity contribution < 1.29 is 4.74 Å². The SMILES string of the molecule is CCc1c(CN)cncc1OC1CC1. The zero-order valence-corrected chi connectivity index (χ0v) is 8.49. The zero-order chi connectivity index (χ0) is 9.97. The Balaban J connectivity index is 2.26. The molecule has 0 unspecified atom stereocenters. The lowest BCUT2D eigenvalue weighted by Gasteiger charge is -2.12. The van der Waals surface area contributed by atoms with Crippen LogP contribution in [-0.4, -0.2) is 11.1 Å². The first-order chi connectivity index (χ1) is 6.85. The maximum Gasteiger partial charge on any atom is 0.141 e. The van der Waals surface area contributed by atoms with Crippen LogP contribution >= 0.6 is 0 Å². The van der Waals surface area contributed by atoms with E-state index in [-0.39, 0.29) is 0 Å². The highest BCUT2D eigenvalue weighted by atomic mass is 16.5. The Morgan fingerprint density at radius 2 is 2.29 bits per heavy atom. The van der Waals surface area contributed by atoms with Crippen LogP contribution in [0.3, 0.4) is 0 Å². The van der Waals surface area contributed by atoms with Crippen molar-refractivity contribution in [2.75, 3.05) is 0 Å². The third-order valence-electron chi connectivity index (χ3n) is 2.50. The molecule has 3 nitrogen and oxygen atoms in total. The van der Waals surface area contributed by atoms with E-state index in [0.717, 1.165) is 17.7 Å². The predicted molar refractivity (Wildman–Crippen MR) is 55.2 cm³/mol. The van der Waals surface area contributed by atoms with E-state index in [9.17, 15) is 0 Å². The molecule has 0 saturated heterocycles. The van der Waals surface area contributed by atoms with Crippen molar-refractivity contribution >= 4 is 0 Å². The fraction of sp³-hybridized carbons (Fsp3) is 0.545. The molecule has 14 heavy (non-hydrogen) atoms. The van der Waals surface area contributed by atoms with Gasteiger partial charge in [-0.15, -0.1) is 0 Å². The van der Waals surface area contributed by atoms with Crippen molar-refractivity contribution in [3.05, 3.63) is 23.5 Å². The number of aromatic nitrogens is 1. The molecule has 1 aromatic heterocycles. The quantitative estimate of drug-likeness (QED) is 0.789. The van der Waals surface area contributed by atoms with Crippen LogP contribution in [0.4, 0.5) is 0 Å². The molecule has 1 aliphatic carbocycles. The second-order valence-electron chi connectivity index (χ2n) is 3.65. The largest absolute Gasteiger partial charge is 0.489 e. The average molecular weight is 192 g/mol. The predicted octanol–water partition coefficient (Wildman–Crippen LogP) is 1.64. The number of rotatable bonds is 4. The molecule has 0 bridgehead atoms. The Bertz CT molecular complexity index is 321. The molecule has 1 heterocycles. The van der Waals surface area contributed by atoms with E-state index in [1.54, 1.807) is 6.20 Å². The van der Waals surface area contributed by atoms with Gasteiger partial charge in [-0.1, -0.05) is 6.92 Å². The smallest absolute Gasteiger partial charge is 0.141 e. The second-order valence-corrected chi connectivity index (χ2v) is 3.65. The zero-order valence-electron chi connectivity index (χ0n) is 8.49. The molecule has 0 spiro atoms. The van der Waals surface area contributed by atoms with Crippen LogP contribution in [0.25, 0.3) is 0 Å². The van der Waals surface area contributed by atoms with Gasteiger partial charge in [0.25, 0.3) is 0 Å². The summed E-state index contributed by atoms with van der Waals surface area (Å²) < 4.78 is 5.77. The van der Waals surface area contributed by atoms with E-state index in [4.69, 9.17) is 10.5 Å². The summed E-state index contributed by atoms with van der Waals surface area (Å²) in [5, 5.41) is 0. The summed E-state index contributed by atoms with van der Waals surface area (Å²) in [5.41, 5.74) is 7.97. The van der Waals surface area contributed by atoms with Crippen molar-refractivity contribution in [2.45, 2.75) is 38.8 Å². The minimum atomic E-state index is 0.426. The number of hydrogen-bond acceptors (Lipinski definition) is 3. The molecule has 2 N–H and O–H groups in total. The summed E-state index contributed by atoms with van der Waals surface area (Å²) in [5.74, 6) is 0.929. The highest BCUT2D eigenvalue weighted by Crippen LogP contribution is 2.30. The van der Waals surface area contributed by atoms with Crippen LogP contribution in [0.1, 0.15) is 30.9 Å². The summed E-state index contributed by atoms with van der Waals surface area (Å²) in [6, 6.07) is 0. The summed E-state index contributed by atoms with van der Waals surface area (Å²) >= 11 is 0. The Morgan fingerprint density at radius 1 is 1.50 bits per heavy atom. The fourth-order valence-corrected chi connectivity index (χ4v) is 1.55. The Morgan fingerprint density at radius 3 is 2.86 bits per heavy atom. The van der Waals surface area contributed by atoms with E-state index in [2.05, 4.69) is 11.9 Å². The minimum Gasteiger partial charge on any atom is -0.489 e. The summed E-state index contributed by atoms with van der Waals surface area (Å²) in [7, 11) is 0. The lowest BCUT2D eigenvalue weighted by molar-refractivity contribution is 0.298. The molecule has 1 aromatic rings. The van der Waals surface area contributed by atoms with Crippen LogP contribution < -0.4 is 10.5 Å². The van der Waals surface area contributed by atoms with Crippen LogP contribution in [-0.2, 0) is 13.0 Å². The molecule has 1 fully saturated rings. The molecule has 76 valence electrons. The molecule has 1 saturated carbocycles. The summed E-state index contributed by atoms with van der Waals surface area (Å²) in [6.07, 6.45) is 7.37. The van der Waals surface area contributed by atoms with E-state index in [0.29, 0.717) is 12.6 Å². The van der Waals surface area contributed by atoms with E-state index >= 15 is 0 Å². The topological polar surface area (TPSA) is 48.1 Å². The normalized spacial score (nSPS) is 15.6. The number of ether oxygens (including phenoxy) is 1. The first-order valence-electron chi connectivity index (χ1n) is 5.17. The third kappa shape index (κ3) is 1.87. The Kier molecular flexibility index (Phi) is 2.68. The first kappa shape index (κ1) is 9.46. The van der Waals surface area contributed by atoms with Crippen molar-refractivity contribution in [3.8, 4) is 5.75 Å². The molecular formula is C11H16N2O. The van der Waals surface area contributed by atoms with Gasteiger partial charge in [0.1, 0.15) is 5.75 Å². The number of pyridine rings is 1. The highest BCUT2D eigenvalue weighted by Gasteiger charge is 2.24. The van der Waals surface area contributed by atoms with Crippen LogP contribution in [0.2, 0.25) is 0 Å². The standard InChI is InChI=1S/C11H16N2O/c1-2-10-8(5-12)6-13-7-11(10)14-9-3-4-9/h6-7,9H,2-5,12H2,1H3. The molecule has 1 aliphatic rings. The van der Waals surface area contributed by atoms with Gasteiger partial charge in [0, 0.05) is 18.3 Å². The molecule has 0 amide bonds. The lowest BCUT2D eigenvalue weighted by atomic mass is 10.1. The van der Waals surface area contributed by atoms with Crippen LogP contribution in [0.5, 0.6) is 5.75 Å². The van der Waals surface area contributed by atoms with E-state index < -0.39 is 0 Å². The molecule has 0 aromatic carbocycles. The third-order valence-corrected chi connectivity index (χ3v) is 2.50. The molecular weight excluding hydrogens is 176 g/mol. The minimum absolute atomic E-state index is 0.426. The van der Waals surface area contributed by atoms with Crippen LogP contribution in [0, 0.1) is 0 Å². The number of hydrogen-bond donors (Lipinski definition) is 1. The van der Waals surface area contributed by atoms with E-state index in [1.807, 2.05) is 6.20 Å². The molecule has 2 rings (SSSR count). The lowest BCUT2D eigenvalue weighted by Crippen LogP contribution is -2.06. The molecule has 3 heteroatoms. The van der Waals surface area contributed by atoms with Crippen molar-refractivity contribution in [3.63, 3.8) is 0 Å². The molecule has 0 atom stereocenters. The fourth-order valence-electron chi connectivity index (χ4n) is 1.55. The van der Waals surface area contributed by atoms with Crippen molar-refractivity contribution in [2.24, 2.45) is 5.73 Å². The van der Waals surface area contributed by atoms with E-state index in [1.165, 1.54) is 18.4 Å². The van der Waals surface area contributed by atoms with Gasteiger partial charge in [0.2, 0.25) is 0 Å². The van der Waals surface area contributed by atoms with Gasteiger partial charge in [-0.25, -0.2) is 0 Å². The van der Waals surface area contributed by atoms with Gasteiger partial charge >= 0.3 is 0 Å². The maximum absolute atomic E-state index is 5.77. The van der Waals surface area contributed by atoms with Crippen molar-refractivity contribution in [1.29, 1.82) is 0 Å². The van der Waals surface area contributed by atoms with Gasteiger partial charge in [-0.3, -0.25) is 4.98 Å². The summed E-state index contributed by atoms with van der Waals surface area (Å²) in [4.78, 5) is 4.14. The Hall–Kier alpha value is -1.09. The molecule has 0 aliphatic heterocycles. The first-order valence-corrected chi connectivity index (χ1v) is 5.17. The monoisotopic (exact) mass is 192 g/mol.